The number of methoxy groups -OCH3 is 1. The van der Waals surface area contributed by atoms with Gasteiger partial charge < -0.3 is 14.8 Å². The molecule has 27 heavy (non-hydrogen) atoms. The fourth-order valence-electron chi connectivity index (χ4n) is 2.45. The van der Waals surface area contributed by atoms with Crippen LogP contribution >= 0.6 is 11.3 Å². The smallest absolute Gasteiger partial charge is 0.282 e. The van der Waals surface area contributed by atoms with Crippen LogP contribution in [0.5, 0.6) is 11.5 Å². The highest BCUT2D eigenvalue weighted by Gasteiger charge is 2.15. The molecular formula is C18H17N3O5S. The van der Waals surface area contributed by atoms with E-state index in [0.29, 0.717) is 27.7 Å². The first kappa shape index (κ1) is 18.6. The fourth-order valence-corrected chi connectivity index (χ4v) is 3.20. The zero-order valence-electron chi connectivity index (χ0n) is 14.9. The number of nitrogens with zero attached hydrogens (tertiary/aromatic N) is 2. The second-order valence-electron chi connectivity index (χ2n) is 5.69. The Bertz CT molecular complexity index is 1090. The summed E-state index contributed by atoms with van der Waals surface area (Å²) >= 11 is 1.33. The highest BCUT2D eigenvalue weighted by atomic mass is 32.1. The lowest BCUT2D eigenvalue weighted by atomic mass is 10.1. The number of hydrogen-bond acceptors (Lipinski definition) is 7. The molecule has 0 aliphatic carbocycles. The number of thiazole rings is 1. The number of aryl methyl sites for hydroxylation is 1. The Morgan fingerprint density at radius 1 is 1.30 bits per heavy atom. The van der Waals surface area contributed by atoms with E-state index >= 15 is 0 Å². The van der Waals surface area contributed by atoms with Crippen molar-refractivity contribution in [3.63, 3.8) is 0 Å². The molecule has 0 unspecified atom stereocenters. The number of fused-ring (bicyclic) bond motifs is 1. The molecule has 0 atom stereocenters. The molecule has 0 saturated carbocycles. The predicted molar refractivity (Wildman–Crippen MR) is 101 cm³/mol. The monoisotopic (exact) mass is 387 g/mol. The number of ketones is 1. The van der Waals surface area contributed by atoms with Crippen molar-refractivity contribution >= 4 is 33.7 Å². The maximum absolute atomic E-state index is 12.4. The Morgan fingerprint density at radius 3 is 2.78 bits per heavy atom. The van der Waals surface area contributed by atoms with E-state index in [1.54, 1.807) is 36.7 Å². The number of carbonyl (C=O) groups excluding carboxylic acids is 2. The Labute approximate surface area is 158 Å². The first-order chi connectivity index (χ1) is 12.9. The molecular weight excluding hydrogens is 370 g/mol. The van der Waals surface area contributed by atoms with Crippen molar-refractivity contribution < 1.29 is 19.1 Å². The third-order valence-electron chi connectivity index (χ3n) is 3.84. The largest absolute Gasteiger partial charge is 0.493 e. The predicted octanol–water partition coefficient (Wildman–Crippen LogP) is 2.29. The van der Waals surface area contributed by atoms with Gasteiger partial charge in [0, 0.05) is 17.1 Å². The second-order valence-corrected chi connectivity index (χ2v) is 6.56. The number of ether oxygens (including phenoxy) is 2. The summed E-state index contributed by atoms with van der Waals surface area (Å²) in [5.74, 6) is 0.0420. The second kappa shape index (κ2) is 7.58. The average Bonchev–Trinajstić information content (AvgIpc) is 3.11. The highest BCUT2D eigenvalue weighted by molar-refractivity contribution is 7.15. The van der Waals surface area contributed by atoms with Crippen molar-refractivity contribution in [2.45, 2.75) is 13.8 Å². The van der Waals surface area contributed by atoms with E-state index in [2.05, 4.69) is 10.3 Å². The molecule has 2 heterocycles. The molecule has 140 valence electrons. The van der Waals surface area contributed by atoms with Gasteiger partial charge in [-0.3, -0.25) is 18.8 Å². The van der Waals surface area contributed by atoms with Crippen LogP contribution in [0.1, 0.15) is 23.0 Å². The fraction of sp³-hybridized carbons (Fsp3) is 0.222. The number of anilines is 1. The van der Waals surface area contributed by atoms with Crippen LogP contribution in [-0.2, 0) is 4.79 Å². The van der Waals surface area contributed by atoms with Gasteiger partial charge in [-0.1, -0.05) is 0 Å². The van der Waals surface area contributed by atoms with Gasteiger partial charge in [0.15, 0.2) is 28.9 Å². The Kier molecular flexibility index (Phi) is 5.22. The van der Waals surface area contributed by atoms with Gasteiger partial charge in [-0.25, -0.2) is 4.98 Å². The normalized spacial score (nSPS) is 10.6. The molecule has 0 fully saturated rings. The summed E-state index contributed by atoms with van der Waals surface area (Å²) in [5.41, 5.74) is 0.663. The standard InChI is InChI=1S/C18H17N3O5S/c1-10-16(17(24)21-6-7-27-18(21)19-10)20-15(23)9-26-13-5-4-12(11(2)22)8-14(13)25-3/h4-8H,9H2,1-3H3,(H,20,23). The van der Waals surface area contributed by atoms with Crippen LogP contribution in [0.25, 0.3) is 4.96 Å². The van der Waals surface area contributed by atoms with E-state index in [9.17, 15) is 14.4 Å². The quantitative estimate of drug-likeness (QED) is 0.652. The van der Waals surface area contributed by atoms with Crippen molar-refractivity contribution in [1.82, 2.24) is 9.38 Å². The first-order valence-corrected chi connectivity index (χ1v) is 8.86. The molecule has 1 N–H and O–H groups in total. The van der Waals surface area contributed by atoms with Gasteiger partial charge in [0.2, 0.25) is 0 Å². The highest BCUT2D eigenvalue weighted by Crippen LogP contribution is 2.28. The van der Waals surface area contributed by atoms with E-state index in [1.807, 2.05) is 0 Å². The number of rotatable bonds is 6. The molecule has 0 spiro atoms. The van der Waals surface area contributed by atoms with Crippen LogP contribution in [0.15, 0.2) is 34.6 Å². The van der Waals surface area contributed by atoms with E-state index in [-0.39, 0.29) is 23.6 Å². The van der Waals surface area contributed by atoms with Crippen LogP contribution < -0.4 is 20.3 Å². The van der Waals surface area contributed by atoms with Crippen molar-refractivity contribution in [1.29, 1.82) is 0 Å². The summed E-state index contributed by atoms with van der Waals surface area (Å²) in [5, 5.41) is 4.29. The number of hydrogen-bond donors (Lipinski definition) is 1. The summed E-state index contributed by atoms with van der Waals surface area (Å²) in [6.07, 6.45) is 1.60. The van der Waals surface area contributed by atoms with Gasteiger partial charge in [-0.05, 0) is 32.0 Å². The van der Waals surface area contributed by atoms with E-state index < -0.39 is 5.91 Å². The maximum Gasteiger partial charge on any atom is 0.282 e. The third kappa shape index (κ3) is 3.82. The lowest BCUT2D eigenvalue weighted by molar-refractivity contribution is -0.118. The van der Waals surface area contributed by atoms with Gasteiger partial charge in [-0.15, -0.1) is 11.3 Å². The van der Waals surface area contributed by atoms with Crippen molar-refractivity contribution in [3.8, 4) is 11.5 Å². The van der Waals surface area contributed by atoms with E-state index in [0.717, 1.165) is 0 Å². The SMILES string of the molecule is COc1cc(C(C)=O)ccc1OCC(=O)Nc1c(C)nc2sccn2c1=O. The van der Waals surface area contributed by atoms with Crippen LogP contribution in [0.3, 0.4) is 0 Å². The topological polar surface area (TPSA) is 99.0 Å². The van der Waals surface area contributed by atoms with Crippen molar-refractivity contribution in [2.75, 3.05) is 19.0 Å². The van der Waals surface area contributed by atoms with Gasteiger partial charge in [0.05, 0.1) is 12.8 Å². The average molecular weight is 387 g/mol. The zero-order chi connectivity index (χ0) is 19.6. The summed E-state index contributed by atoms with van der Waals surface area (Å²) in [4.78, 5) is 41.0. The van der Waals surface area contributed by atoms with Gasteiger partial charge >= 0.3 is 0 Å². The van der Waals surface area contributed by atoms with Crippen LogP contribution in [0, 0.1) is 6.92 Å². The molecule has 3 aromatic rings. The van der Waals surface area contributed by atoms with Crippen LogP contribution in [-0.4, -0.2) is 34.8 Å². The number of Topliss-reactive ketones (excluding diaryl/α,β-unsaturated/α-hetero) is 1. The minimum Gasteiger partial charge on any atom is -0.493 e. The molecule has 8 nitrogen and oxygen atoms in total. The molecule has 0 saturated heterocycles. The molecule has 1 amide bonds. The van der Waals surface area contributed by atoms with Gasteiger partial charge in [0.1, 0.15) is 5.69 Å². The van der Waals surface area contributed by atoms with Crippen LogP contribution in [0.2, 0.25) is 0 Å². The van der Waals surface area contributed by atoms with E-state index in [1.165, 1.54) is 29.8 Å². The summed E-state index contributed by atoms with van der Waals surface area (Å²) in [6, 6.07) is 4.69. The summed E-state index contributed by atoms with van der Waals surface area (Å²) in [7, 11) is 1.44. The molecule has 0 radical (unpaired) electrons. The van der Waals surface area contributed by atoms with E-state index in [4.69, 9.17) is 9.47 Å². The lowest BCUT2D eigenvalue weighted by Gasteiger charge is -2.12. The number of nitrogens with one attached hydrogen (secondary N) is 1. The molecule has 0 bridgehead atoms. The minimum atomic E-state index is -0.509. The summed E-state index contributed by atoms with van der Waals surface area (Å²) < 4.78 is 12.0. The Morgan fingerprint density at radius 2 is 2.07 bits per heavy atom. The third-order valence-corrected chi connectivity index (χ3v) is 4.60. The Hall–Kier alpha value is -3.20. The lowest BCUT2D eigenvalue weighted by Crippen LogP contribution is -2.27. The number of aromatic nitrogens is 2. The van der Waals surface area contributed by atoms with Crippen molar-refractivity contribution in [3.05, 3.63) is 51.4 Å². The van der Waals surface area contributed by atoms with Crippen molar-refractivity contribution in [2.24, 2.45) is 0 Å². The minimum absolute atomic E-state index is 0.107. The number of benzene rings is 1. The molecule has 2 aromatic heterocycles. The van der Waals surface area contributed by atoms with Gasteiger partial charge in [-0.2, -0.15) is 0 Å². The zero-order valence-corrected chi connectivity index (χ0v) is 15.8. The van der Waals surface area contributed by atoms with Gasteiger partial charge in [0.25, 0.3) is 11.5 Å². The number of amides is 1. The molecule has 1 aromatic carbocycles. The summed E-state index contributed by atoms with van der Waals surface area (Å²) in [6.45, 7) is 2.77. The molecule has 3 rings (SSSR count). The molecule has 0 aliphatic heterocycles. The first-order valence-electron chi connectivity index (χ1n) is 7.98. The maximum atomic E-state index is 12.4. The number of carbonyl (C=O) groups is 2. The van der Waals surface area contributed by atoms with Crippen LogP contribution in [0.4, 0.5) is 5.69 Å². The molecule has 9 heteroatoms. The molecule has 0 aliphatic rings. The Balaban J connectivity index is 1.74.